The molecular weight excluding hydrogens is 250 g/mol. The van der Waals surface area contributed by atoms with Crippen molar-refractivity contribution in [2.24, 2.45) is 0 Å². The van der Waals surface area contributed by atoms with Crippen LogP contribution < -0.4 is 0 Å². The van der Waals surface area contributed by atoms with Crippen molar-refractivity contribution in [3.63, 3.8) is 0 Å². The van der Waals surface area contributed by atoms with E-state index in [4.69, 9.17) is 0 Å². The number of rotatable bonds is 3. The molecule has 2 aromatic carbocycles. The normalized spacial score (nSPS) is 14.0. The third kappa shape index (κ3) is 2.23. The molecule has 0 aliphatic carbocycles. The van der Waals surface area contributed by atoms with Crippen molar-refractivity contribution in [1.29, 1.82) is 0 Å². The summed E-state index contributed by atoms with van der Waals surface area (Å²) in [5, 5.41) is 0. The third-order valence-electron chi connectivity index (χ3n) is 3.70. The van der Waals surface area contributed by atoms with E-state index in [0.717, 1.165) is 23.8 Å². The van der Waals surface area contributed by atoms with Crippen molar-refractivity contribution in [3.8, 4) is 0 Å². The molecule has 1 aliphatic rings. The van der Waals surface area contributed by atoms with Crippen molar-refractivity contribution in [2.75, 3.05) is 6.54 Å². The van der Waals surface area contributed by atoms with Crippen molar-refractivity contribution in [1.82, 2.24) is 4.90 Å². The lowest BCUT2D eigenvalue weighted by molar-refractivity contribution is 0.0727. The van der Waals surface area contributed by atoms with E-state index in [1.165, 1.54) is 0 Å². The molecule has 0 saturated carbocycles. The van der Waals surface area contributed by atoms with Crippen LogP contribution in [-0.4, -0.2) is 23.6 Å². The Bertz CT molecular complexity index is 649. The third-order valence-corrected chi connectivity index (χ3v) is 3.70. The molecule has 0 atom stereocenters. The minimum Gasteiger partial charge on any atom is -0.334 e. The van der Waals surface area contributed by atoms with Gasteiger partial charge in [-0.25, -0.2) is 0 Å². The van der Waals surface area contributed by atoms with Gasteiger partial charge in [0.1, 0.15) is 6.29 Å². The van der Waals surface area contributed by atoms with E-state index in [2.05, 4.69) is 0 Å². The summed E-state index contributed by atoms with van der Waals surface area (Å²) in [6.07, 6.45) is 1.57. The Balaban J connectivity index is 1.88. The monoisotopic (exact) mass is 265 g/mol. The first-order valence-corrected chi connectivity index (χ1v) is 6.70. The van der Waals surface area contributed by atoms with E-state index in [-0.39, 0.29) is 5.91 Å². The topological polar surface area (TPSA) is 37.4 Å². The number of aldehydes is 1. The van der Waals surface area contributed by atoms with E-state index in [1.54, 1.807) is 12.1 Å². The second-order valence-corrected chi connectivity index (χ2v) is 4.95. The highest BCUT2D eigenvalue weighted by Crippen LogP contribution is 2.23. The highest BCUT2D eigenvalue weighted by atomic mass is 16.2. The summed E-state index contributed by atoms with van der Waals surface area (Å²) in [6.45, 7) is 1.27. The van der Waals surface area contributed by atoms with Gasteiger partial charge in [0.25, 0.3) is 5.91 Å². The molecule has 0 radical (unpaired) electrons. The SMILES string of the molecule is O=Cc1cccc2c1CCN(Cc1ccccc1)C2=O. The van der Waals surface area contributed by atoms with Gasteiger partial charge in [0, 0.05) is 24.2 Å². The van der Waals surface area contributed by atoms with Gasteiger partial charge < -0.3 is 4.90 Å². The molecule has 1 aliphatic heterocycles. The zero-order chi connectivity index (χ0) is 13.9. The van der Waals surface area contributed by atoms with Gasteiger partial charge in [-0.3, -0.25) is 9.59 Å². The van der Waals surface area contributed by atoms with Gasteiger partial charge in [0.2, 0.25) is 0 Å². The maximum absolute atomic E-state index is 12.5. The van der Waals surface area contributed by atoms with E-state index in [0.29, 0.717) is 24.2 Å². The Labute approximate surface area is 117 Å². The molecule has 0 bridgehead atoms. The first-order valence-electron chi connectivity index (χ1n) is 6.70. The highest BCUT2D eigenvalue weighted by molar-refractivity contribution is 5.99. The first kappa shape index (κ1) is 12.6. The van der Waals surface area contributed by atoms with Crippen LogP contribution >= 0.6 is 0 Å². The predicted octanol–water partition coefficient (Wildman–Crippen LogP) is 2.70. The molecule has 3 rings (SSSR count). The average molecular weight is 265 g/mol. The van der Waals surface area contributed by atoms with Crippen LogP contribution in [0.2, 0.25) is 0 Å². The van der Waals surface area contributed by atoms with Crippen LogP contribution in [-0.2, 0) is 13.0 Å². The Kier molecular flexibility index (Phi) is 3.33. The summed E-state index contributed by atoms with van der Waals surface area (Å²) in [5.41, 5.74) is 3.31. The molecule has 2 aromatic rings. The summed E-state index contributed by atoms with van der Waals surface area (Å²) in [7, 11) is 0. The Morgan fingerprint density at radius 2 is 1.85 bits per heavy atom. The standard InChI is InChI=1S/C17H15NO2/c19-12-14-7-4-8-16-15(14)9-10-18(17(16)20)11-13-5-2-1-3-6-13/h1-8,12H,9-11H2. The van der Waals surface area contributed by atoms with Gasteiger partial charge in [-0.1, -0.05) is 42.5 Å². The Morgan fingerprint density at radius 3 is 2.60 bits per heavy atom. The molecule has 3 heteroatoms. The number of hydrogen-bond donors (Lipinski definition) is 0. The van der Waals surface area contributed by atoms with Crippen LogP contribution in [0, 0.1) is 0 Å². The minimum atomic E-state index is 0.0128. The number of hydrogen-bond acceptors (Lipinski definition) is 2. The molecule has 100 valence electrons. The highest BCUT2D eigenvalue weighted by Gasteiger charge is 2.25. The number of nitrogens with zero attached hydrogens (tertiary/aromatic N) is 1. The maximum atomic E-state index is 12.5. The van der Waals surface area contributed by atoms with Crippen molar-refractivity contribution >= 4 is 12.2 Å². The number of carbonyl (C=O) groups is 2. The minimum absolute atomic E-state index is 0.0128. The second-order valence-electron chi connectivity index (χ2n) is 4.95. The van der Waals surface area contributed by atoms with E-state index in [9.17, 15) is 9.59 Å². The zero-order valence-corrected chi connectivity index (χ0v) is 11.1. The molecule has 0 saturated heterocycles. The zero-order valence-electron chi connectivity index (χ0n) is 11.1. The lowest BCUT2D eigenvalue weighted by Crippen LogP contribution is -2.37. The fourth-order valence-electron chi connectivity index (χ4n) is 2.67. The van der Waals surface area contributed by atoms with Crippen LogP contribution in [0.15, 0.2) is 48.5 Å². The number of amides is 1. The molecule has 0 spiro atoms. The number of benzene rings is 2. The molecular formula is C17H15NO2. The summed E-state index contributed by atoms with van der Waals surface area (Å²) in [5.74, 6) is 0.0128. The molecule has 3 nitrogen and oxygen atoms in total. The van der Waals surface area contributed by atoms with Gasteiger partial charge in [0.05, 0.1) is 0 Å². The quantitative estimate of drug-likeness (QED) is 0.800. The van der Waals surface area contributed by atoms with Crippen LogP contribution in [0.25, 0.3) is 0 Å². The van der Waals surface area contributed by atoms with Gasteiger partial charge in [-0.05, 0) is 23.6 Å². The summed E-state index contributed by atoms with van der Waals surface area (Å²) >= 11 is 0. The molecule has 1 heterocycles. The first-order chi connectivity index (χ1) is 9.79. The van der Waals surface area contributed by atoms with Crippen LogP contribution in [0.3, 0.4) is 0 Å². The predicted molar refractivity (Wildman–Crippen MR) is 76.7 cm³/mol. The smallest absolute Gasteiger partial charge is 0.254 e. The van der Waals surface area contributed by atoms with Crippen LogP contribution in [0.5, 0.6) is 0 Å². The average Bonchev–Trinajstić information content (AvgIpc) is 2.51. The van der Waals surface area contributed by atoms with Crippen LogP contribution in [0.4, 0.5) is 0 Å². The summed E-state index contributed by atoms with van der Waals surface area (Å²) in [4.78, 5) is 25.4. The van der Waals surface area contributed by atoms with Gasteiger partial charge in [-0.2, -0.15) is 0 Å². The lowest BCUT2D eigenvalue weighted by Gasteiger charge is -2.29. The summed E-state index contributed by atoms with van der Waals surface area (Å²) < 4.78 is 0. The van der Waals surface area contributed by atoms with Gasteiger partial charge >= 0.3 is 0 Å². The maximum Gasteiger partial charge on any atom is 0.254 e. The largest absolute Gasteiger partial charge is 0.334 e. The Hall–Kier alpha value is -2.42. The van der Waals surface area contributed by atoms with E-state index < -0.39 is 0 Å². The van der Waals surface area contributed by atoms with Crippen molar-refractivity contribution < 1.29 is 9.59 Å². The van der Waals surface area contributed by atoms with Gasteiger partial charge in [-0.15, -0.1) is 0 Å². The van der Waals surface area contributed by atoms with Gasteiger partial charge in [0.15, 0.2) is 0 Å². The van der Waals surface area contributed by atoms with Crippen molar-refractivity contribution in [3.05, 3.63) is 70.8 Å². The Morgan fingerprint density at radius 1 is 1.05 bits per heavy atom. The second kappa shape index (κ2) is 5.29. The van der Waals surface area contributed by atoms with Crippen molar-refractivity contribution in [2.45, 2.75) is 13.0 Å². The fraction of sp³-hybridized carbons (Fsp3) is 0.176. The molecule has 1 amide bonds. The molecule has 0 N–H and O–H groups in total. The fourth-order valence-corrected chi connectivity index (χ4v) is 2.67. The van der Waals surface area contributed by atoms with E-state index in [1.807, 2.05) is 41.3 Å². The molecule has 0 aromatic heterocycles. The van der Waals surface area contributed by atoms with E-state index >= 15 is 0 Å². The molecule has 0 unspecified atom stereocenters. The lowest BCUT2D eigenvalue weighted by atomic mass is 9.94. The summed E-state index contributed by atoms with van der Waals surface area (Å²) in [6, 6.07) is 15.3. The molecule has 0 fully saturated rings. The number of carbonyl (C=O) groups excluding carboxylic acids is 2. The van der Waals surface area contributed by atoms with Crippen LogP contribution in [0.1, 0.15) is 31.8 Å². The number of fused-ring (bicyclic) bond motifs is 1. The molecule has 20 heavy (non-hydrogen) atoms.